The number of imide groups is 2. The number of carbonyl (C=O) groups is 4. The van der Waals surface area contributed by atoms with Crippen molar-refractivity contribution in [2.75, 3.05) is 0 Å². The minimum Gasteiger partial charge on any atom is -0.295 e. The average Bonchev–Trinajstić information content (AvgIpc) is 2.99. The molecule has 1 unspecified atom stereocenters. The van der Waals surface area contributed by atoms with Crippen LogP contribution in [-0.2, 0) is 9.59 Å². The van der Waals surface area contributed by atoms with Crippen LogP contribution in [-0.4, -0.2) is 39.6 Å². The Bertz CT molecular complexity index is 1260. The molecule has 2 aliphatic rings. The van der Waals surface area contributed by atoms with Crippen LogP contribution in [0.2, 0.25) is 0 Å². The van der Waals surface area contributed by atoms with Gasteiger partial charge in [-0.3, -0.25) is 29.4 Å². The first-order valence-corrected chi connectivity index (χ1v) is 10.2. The minimum atomic E-state index is -0.980. The number of rotatable bonds is 3. The summed E-state index contributed by atoms with van der Waals surface area (Å²) in [5, 5.41) is 3.91. The second-order valence-electron chi connectivity index (χ2n) is 7.07. The summed E-state index contributed by atoms with van der Waals surface area (Å²) in [6.45, 7) is 0. The summed E-state index contributed by atoms with van der Waals surface area (Å²) in [6, 6.07) is 15.6. The standard InChI is InChI=1S/C22H15N3O4S/c26-17-10-9-15(20(27)24-17)25-21(28)13-5-3-7-16(19(13)22(25)29)30-18-11-8-12-4-1-2-6-14(12)23-18/h1-8,11,15H,9-10H2,(H,24,26,27). The van der Waals surface area contributed by atoms with Crippen molar-refractivity contribution in [2.45, 2.75) is 28.8 Å². The number of fused-ring (bicyclic) bond motifs is 2. The van der Waals surface area contributed by atoms with E-state index in [1.807, 2.05) is 36.4 Å². The van der Waals surface area contributed by atoms with Gasteiger partial charge >= 0.3 is 0 Å². The van der Waals surface area contributed by atoms with Crippen LogP contribution < -0.4 is 5.32 Å². The molecule has 1 fully saturated rings. The van der Waals surface area contributed by atoms with E-state index < -0.39 is 29.7 Å². The molecule has 3 aromatic rings. The van der Waals surface area contributed by atoms with Crippen LogP contribution in [0.1, 0.15) is 33.6 Å². The van der Waals surface area contributed by atoms with Gasteiger partial charge in [0.05, 0.1) is 16.6 Å². The number of aromatic nitrogens is 1. The predicted molar refractivity (Wildman–Crippen MR) is 109 cm³/mol. The predicted octanol–water partition coefficient (Wildman–Crippen LogP) is 2.79. The van der Waals surface area contributed by atoms with Crippen molar-refractivity contribution in [3.05, 3.63) is 65.7 Å². The number of hydrogen-bond acceptors (Lipinski definition) is 6. The van der Waals surface area contributed by atoms with Gasteiger partial charge in [-0.25, -0.2) is 4.98 Å². The highest BCUT2D eigenvalue weighted by Gasteiger charge is 2.45. The van der Waals surface area contributed by atoms with Crippen LogP contribution in [0.15, 0.2) is 64.5 Å². The van der Waals surface area contributed by atoms with E-state index in [9.17, 15) is 19.2 Å². The van der Waals surface area contributed by atoms with E-state index in [1.54, 1.807) is 18.2 Å². The number of para-hydroxylation sites is 1. The first kappa shape index (κ1) is 18.5. The fourth-order valence-electron chi connectivity index (χ4n) is 3.79. The monoisotopic (exact) mass is 417 g/mol. The van der Waals surface area contributed by atoms with Gasteiger partial charge in [-0.05, 0) is 30.7 Å². The molecule has 0 aliphatic carbocycles. The van der Waals surface area contributed by atoms with Gasteiger partial charge in [-0.15, -0.1) is 0 Å². The quantitative estimate of drug-likeness (QED) is 0.659. The molecule has 1 N–H and O–H groups in total. The summed E-state index contributed by atoms with van der Waals surface area (Å²) in [5.41, 5.74) is 1.37. The lowest BCUT2D eigenvalue weighted by atomic mass is 10.0. The molecule has 0 radical (unpaired) electrons. The first-order valence-electron chi connectivity index (χ1n) is 9.41. The Morgan fingerprint density at radius 3 is 2.60 bits per heavy atom. The van der Waals surface area contributed by atoms with Crippen LogP contribution in [0.5, 0.6) is 0 Å². The molecule has 30 heavy (non-hydrogen) atoms. The highest BCUT2D eigenvalue weighted by atomic mass is 32.2. The highest BCUT2D eigenvalue weighted by molar-refractivity contribution is 7.99. The molecule has 7 nitrogen and oxygen atoms in total. The lowest BCUT2D eigenvalue weighted by Crippen LogP contribution is -2.54. The van der Waals surface area contributed by atoms with E-state index in [-0.39, 0.29) is 24.0 Å². The van der Waals surface area contributed by atoms with Crippen molar-refractivity contribution in [1.29, 1.82) is 0 Å². The maximum atomic E-state index is 13.2. The molecular formula is C22H15N3O4S. The summed E-state index contributed by atoms with van der Waals surface area (Å²) >= 11 is 1.30. The van der Waals surface area contributed by atoms with Crippen molar-refractivity contribution < 1.29 is 19.2 Å². The van der Waals surface area contributed by atoms with Gasteiger partial charge in [-0.2, -0.15) is 0 Å². The molecule has 0 saturated carbocycles. The Hall–Kier alpha value is -3.52. The Morgan fingerprint density at radius 2 is 1.77 bits per heavy atom. The third-order valence-corrected chi connectivity index (χ3v) is 6.21. The molecule has 1 atom stereocenters. The van der Waals surface area contributed by atoms with Gasteiger partial charge < -0.3 is 0 Å². The number of nitrogens with one attached hydrogen (secondary N) is 1. The van der Waals surface area contributed by atoms with Crippen LogP contribution in [0.25, 0.3) is 10.9 Å². The Balaban J connectivity index is 1.50. The van der Waals surface area contributed by atoms with Crippen molar-refractivity contribution >= 4 is 46.3 Å². The fourth-order valence-corrected chi connectivity index (χ4v) is 4.74. The molecule has 3 heterocycles. The third-order valence-electron chi connectivity index (χ3n) is 5.22. The Labute approximate surface area is 175 Å². The van der Waals surface area contributed by atoms with Crippen LogP contribution in [0, 0.1) is 0 Å². The molecule has 4 amide bonds. The Kier molecular flexibility index (Phi) is 4.36. The summed E-state index contributed by atoms with van der Waals surface area (Å²) in [7, 11) is 0. The first-order chi connectivity index (χ1) is 14.5. The molecule has 5 rings (SSSR count). The number of benzene rings is 2. The highest BCUT2D eigenvalue weighted by Crippen LogP contribution is 2.37. The van der Waals surface area contributed by atoms with Crippen LogP contribution >= 0.6 is 11.8 Å². The summed E-state index contributed by atoms with van der Waals surface area (Å²) in [5.74, 6) is -2.05. The zero-order valence-corrected chi connectivity index (χ0v) is 16.4. The molecule has 0 spiro atoms. The summed E-state index contributed by atoms with van der Waals surface area (Å²) in [6.07, 6.45) is 0.220. The summed E-state index contributed by atoms with van der Waals surface area (Å²) in [4.78, 5) is 56.0. The van der Waals surface area contributed by atoms with Gasteiger partial charge in [0, 0.05) is 16.7 Å². The molecule has 148 valence electrons. The van der Waals surface area contributed by atoms with Crippen molar-refractivity contribution in [2.24, 2.45) is 0 Å². The molecule has 2 aliphatic heterocycles. The maximum absolute atomic E-state index is 13.2. The number of hydrogen-bond donors (Lipinski definition) is 1. The smallest absolute Gasteiger partial charge is 0.263 e. The molecule has 2 aromatic carbocycles. The van der Waals surface area contributed by atoms with Gasteiger partial charge in [-0.1, -0.05) is 42.1 Å². The van der Waals surface area contributed by atoms with E-state index in [1.165, 1.54) is 11.8 Å². The third kappa shape index (κ3) is 2.96. The number of carbonyl (C=O) groups excluding carboxylic acids is 4. The van der Waals surface area contributed by atoms with Crippen molar-refractivity contribution in [3.63, 3.8) is 0 Å². The van der Waals surface area contributed by atoms with Gasteiger partial charge in [0.2, 0.25) is 11.8 Å². The zero-order valence-electron chi connectivity index (χ0n) is 15.6. The van der Waals surface area contributed by atoms with Crippen molar-refractivity contribution in [3.8, 4) is 0 Å². The number of amides is 4. The van der Waals surface area contributed by atoms with Crippen molar-refractivity contribution in [1.82, 2.24) is 15.2 Å². The molecule has 1 aromatic heterocycles. The lowest BCUT2D eigenvalue weighted by molar-refractivity contribution is -0.136. The van der Waals surface area contributed by atoms with E-state index in [2.05, 4.69) is 10.3 Å². The number of nitrogens with zero attached hydrogens (tertiary/aromatic N) is 2. The fraction of sp³-hybridized carbons (Fsp3) is 0.136. The maximum Gasteiger partial charge on any atom is 0.263 e. The average molecular weight is 417 g/mol. The molecule has 1 saturated heterocycles. The lowest BCUT2D eigenvalue weighted by Gasteiger charge is -2.27. The van der Waals surface area contributed by atoms with E-state index in [0.717, 1.165) is 15.8 Å². The minimum absolute atomic E-state index is 0.0897. The molecule has 0 bridgehead atoms. The van der Waals surface area contributed by atoms with E-state index >= 15 is 0 Å². The van der Waals surface area contributed by atoms with Gasteiger partial charge in [0.25, 0.3) is 11.8 Å². The normalized spacial score (nSPS) is 18.7. The van der Waals surface area contributed by atoms with E-state index in [0.29, 0.717) is 9.92 Å². The van der Waals surface area contributed by atoms with Gasteiger partial charge in [0.1, 0.15) is 11.1 Å². The SMILES string of the molecule is O=C1CCC(N2C(=O)c3cccc(Sc4ccc5ccccc5n4)c3C2=O)C(=O)N1. The molecule has 8 heteroatoms. The van der Waals surface area contributed by atoms with Crippen LogP contribution in [0.3, 0.4) is 0 Å². The zero-order chi connectivity index (χ0) is 20.8. The van der Waals surface area contributed by atoms with E-state index in [4.69, 9.17) is 0 Å². The summed E-state index contributed by atoms with van der Waals surface area (Å²) < 4.78 is 0. The second kappa shape index (κ2) is 7.07. The number of pyridine rings is 1. The molecular weight excluding hydrogens is 402 g/mol. The van der Waals surface area contributed by atoms with Gasteiger partial charge in [0.15, 0.2) is 0 Å². The second-order valence-corrected chi connectivity index (χ2v) is 8.13. The Morgan fingerprint density at radius 1 is 0.933 bits per heavy atom. The largest absolute Gasteiger partial charge is 0.295 e. The van der Waals surface area contributed by atoms with Crippen LogP contribution in [0.4, 0.5) is 0 Å². The topological polar surface area (TPSA) is 96.4 Å². The number of piperidine rings is 1.